The van der Waals surface area contributed by atoms with E-state index in [0.717, 1.165) is 116 Å². The van der Waals surface area contributed by atoms with Gasteiger partial charge in [0.05, 0.1) is 0 Å². The first-order valence-electron chi connectivity index (χ1n) is 31.7. The van der Waals surface area contributed by atoms with Crippen molar-refractivity contribution < 1.29 is 28.6 Å². The molecule has 1 atom stereocenters. The van der Waals surface area contributed by atoms with Crippen molar-refractivity contribution in [2.75, 3.05) is 13.2 Å². The van der Waals surface area contributed by atoms with Gasteiger partial charge >= 0.3 is 17.9 Å². The van der Waals surface area contributed by atoms with Crippen molar-refractivity contribution in [3.63, 3.8) is 0 Å². The van der Waals surface area contributed by atoms with Gasteiger partial charge in [-0.2, -0.15) is 0 Å². The average Bonchev–Trinajstić information content (AvgIpc) is 3.41. The van der Waals surface area contributed by atoms with Crippen LogP contribution in [0.5, 0.6) is 0 Å². The van der Waals surface area contributed by atoms with Gasteiger partial charge in [0.1, 0.15) is 13.2 Å². The Hall–Kier alpha value is -3.67. The van der Waals surface area contributed by atoms with Gasteiger partial charge < -0.3 is 14.2 Å². The number of unbranched alkanes of at least 4 members (excludes halogenated alkanes) is 30. The van der Waals surface area contributed by atoms with Crippen molar-refractivity contribution in [3.8, 4) is 0 Å². The highest BCUT2D eigenvalue weighted by atomic mass is 16.6. The molecule has 0 aliphatic rings. The van der Waals surface area contributed by atoms with Crippen LogP contribution < -0.4 is 0 Å². The summed E-state index contributed by atoms with van der Waals surface area (Å²) in [5.41, 5.74) is 0. The number of carbonyl (C=O) groups is 3. The molecule has 75 heavy (non-hydrogen) atoms. The van der Waals surface area contributed by atoms with Gasteiger partial charge in [-0.1, -0.05) is 266 Å². The monoisotopic (exact) mass is 1040 g/mol. The summed E-state index contributed by atoms with van der Waals surface area (Å²) in [5.74, 6) is -0.905. The number of carbonyl (C=O) groups excluding carboxylic acids is 3. The van der Waals surface area contributed by atoms with Crippen molar-refractivity contribution >= 4 is 17.9 Å². The summed E-state index contributed by atoms with van der Waals surface area (Å²) < 4.78 is 16.9. The highest BCUT2D eigenvalue weighted by Gasteiger charge is 2.19. The Morgan fingerprint density at radius 3 is 0.867 bits per heavy atom. The second-order valence-corrected chi connectivity index (χ2v) is 20.9. The predicted octanol–water partition coefficient (Wildman–Crippen LogP) is 21.7. The Morgan fingerprint density at radius 2 is 0.533 bits per heavy atom. The number of allylic oxidation sites excluding steroid dienone is 16. The topological polar surface area (TPSA) is 78.9 Å². The normalized spacial score (nSPS) is 12.7. The van der Waals surface area contributed by atoms with Crippen LogP contribution in [0, 0.1) is 0 Å². The molecule has 0 radical (unpaired) electrons. The van der Waals surface area contributed by atoms with Crippen molar-refractivity contribution in [3.05, 3.63) is 97.2 Å². The van der Waals surface area contributed by atoms with Gasteiger partial charge in [0.25, 0.3) is 0 Å². The molecule has 430 valence electrons. The molecule has 1 unspecified atom stereocenters. The van der Waals surface area contributed by atoms with E-state index in [4.69, 9.17) is 14.2 Å². The summed E-state index contributed by atoms with van der Waals surface area (Å²) in [4.78, 5) is 38.2. The van der Waals surface area contributed by atoms with Crippen LogP contribution in [-0.4, -0.2) is 37.2 Å². The molecule has 0 fully saturated rings. The largest absolute Gasteiger partial charge is 0.462 e. The van der Waals surface area contributed by atoms with Gasteiger partial charge in [0.2, 0.25) is 0 Å². The lowest BCUT2D eigenvalue weighted by molar-refractivity contribution is -0.167. The van der Waals surface area contributed by atoms with Gasteiger partial charge in [-0.15, -0.1) is 0 Å². The van der Waals surface area contributed by atoms with Crippen LogP contribution in [0.25, 0.3) is 0 Å². The summed E-state index contributed by atoms with van der Waals surface area (Å²) in [5, 5.41) is 0. The number of hydrogen-bond donors (Lipinski definition) is 0. The molecule has 0 amide bonds. The van der Waals surface area contributed by atoms with E-state index in [1.54, 1.807) is 0 Å². The van der Waals surface area contributed by atoms with Crippen molar-refractivity contribution in [1.29, 1.82) is 0 Å². The molecule has 0 aliphatic carbocycles. The minimum Gasteiger partial charge on any atom is -0.462 e. The third-order valence-corrected chi connectivity index (χ3v) is 13.5. The van der Waals surface area contributed by atoms with Gasteiger partial charge in [0.15, 0.2) is 6.10 Å². The molecule has 0 aromatic carbocycles. The Labute approximate surface area is 464 Å². The smallest absolute Gasteiger partial charge is 0.306 e. The molecule has 0 saturated carbocycles. The van der Waals surface area contributed by atoms with Crippen molar-refractivity contribution in [2.24, 2.45) is 0 Å². The number of ether oxygens (including phenoxy) is 3. The zero-order valence-electron chi connectivity index (χ0n) is 49.3. The summed E-state index contributed by atoms with van der Waals surface area (Å²) >= 11 is 0. The van der Waals surface area contributed by atoms with E-state index in [0.29, 0.717) is 19.3 Å². The van der Waals surface area contributed by atoms with Crippen LogP contribution in [0.15, 0.2) is 97.2 Å². The lowest BCUT2D eigenvalue weighted by Gasteiger charge is -2.18. The summed E-state index contributed by atoms with van der Waals surface area (Å²) in [6, 6.07) is 0. The van der Waals surface area contributed by atoms with Crippen LogP contribution in [0.3, 0.4) is 0 Å². The third-order valence-electron chi connectivity index (χ3n) is 13.5. The fourth-order valence-corrected chi connectivity index (χ4v) is 8.78. The molecule has 0 saturated heterocycles. The molecule has 0 aromatic rings. The summed E-state index contributed by atoms with van der Waals surface area (Å²) in [6.45, 7) is 6.49. The van der Waals surface area contributed by atoms with Gasteiger partial charge in [-0.3, -0.25) is 14.4 Å². The predicted molar refractivity (Wildman–Crippen MR) is 325 cm³/mol. The standard InChI is InChI=1S/C69H118O6/c1-4-7-10-13-16-19-22-24-26-28-30-32-33-34-35-37-38-40-42-44-47-50-53-56-59-62-68(71)74-65-66(64-73-67(70)61-58-55-52-49-46-21-18-15-12-9-6-3)75-69(72)63-60-57-54-51-48-45-43-41-39-36-31-29-27-25-23-20-17-14-11-8-5-2/h7,10,15-16,18-19,24,26,29-32,34-35,38,40,66H,4-6,8-9,11-14,17,20-23,25,27-28,33,36-37,39,41-65H2,1-3H3/b10-7-,18-15-,19-16-,26-24-,31-29-,32-30-,35-34-,40-38-. The van der Waals surface area contributed by atoms with Crippen LogP contribution in [0.2, 0.25) is 0 Å². The number of hydrogen-bond acceptors (Lipinski definition) is 6. The summed E-state index contributed by atoms with van der Waals surface area (Å²) in [7, 11) is 0. The molecule has 6 heteroatoms. The minimum absolute atomic E-state index is 0.0869. The van der Waals surface area contributed by atoms with Gasteiger partial charge in [0, 0.05) is 19.3 Å². The Kier molecular flexibility index (Phi) is 59.8. The zero-order valence-corrected chi connectivity index (χ0v) is 49.3. The first-order chi connectivity index (χ1) is 37.0. The fraction of sp³-hybridized carbons (Fsp3) is 0.725. The van der Waals surface area contributed by atoms with Crippen LogP contribution in [0.1, 0.15) is 303 Å². The third kappa shape index (κ3) is 61.1. The van der Waals surface area contributed by atoms with E-state index in [1.165, 1.54) is 148 Å². The second kappa shape index (κ2) is 62.9. The zero-order chi connectivity index (χ0) is 54.3. The molecule has 0 rings (SSSR count). The lowest BCUT2D eigenvalue weighted by atomic mass is 10.1. The number of rotatable bonds is 57. The molecule has 0 N–H and O–H groups in total. The van der Waals surface area contributed by atoms with E-state index in [-0.39, 0.29) is 31.1 Å². The minimum atomic E-state index is -0.790. The Bertz CT molecular complexity index is 1480. The fourth-order valence-electron chi connectivity index (χ4n) is 8.78. The highest BCUT2D eigenvalue weighted by Crippen LogP contribution is 2.16. The molecular formula is C69H118O6. The van der Waals surface area contributed by atoms with E-state index in [2.05, 4.69) is 118 Å². The van der Waals surface area contributed by atoms with E-state index < -0.39 is 6.10 Å². The Morgan fingerprint density at radius 1 is 0.280 bits per heavy atom. The number of esters is 3. The van der Waals surface area contributed by atoms with E-state index in [1.807, 2.05) is 0 Å². The maximum atomic E-state index is 12.9. The second-order valence-electron chi connectivity index (χ2n) is 20.9. The highest BCUT2D eigenvalue weighted by molar-refractivity contribution is 5.71. The molecular weight excluding hydrogens is 925 g/mol. The SMILES string of the molecule is CC/C=C\C/C=C\C/C=C\C/C=C\C/C=C\C/C=C\CCCCCCCCC(=O)OCC(COC(=O)CCCCCCC/C=C\CCCC)OC(=O)CCCCCCCCCCC/C=C\CCCCCCCCCC. The first-order valence-corrected chi connectivity index (χ1v) is 31.7. The molecule has 0 heterocycles. The van der Waals surface area contributed by atoms with Crippen LogP contribution in [-0.2, 0) is 28.6 Å². The maximum absolute atomic E-state index is 12.9. The molecule has 0 spiro atoms. The maximum Gasteiger partial charge on any atom is 0.306 e. The molecule has 0 bridgehead atoms. The van der Waals surface area contributed by atoms with Gasteiger partial charge in [-0.25, -0.2) is 0 Å². The van der Waals surface area contributed by atoms with Crippen molar-refractivity contribution in [2.45, 2.75) is 309 Å². The quantitative estimate of drug-likeness (QED) is 0.0261. The average molecular weight is 1040 g/mol. The van der Waals surface area contributed by atoms with Crippen LogP contribution in [0.4, 0.5) is 0 Å². The first kappa shape index (κ1) is 71.3. The van der Waals surface area contributed by atoms with E-state index >= 15 is 0 Å². The lowest BCUT2D eigenvalue weighted by Crippen LogP contribution is -2.30. The van der Waals surface area contributed by atoms with Crippen molar-refractivity contribution in [1.82, 2.24) is 0 Å². The van der Waals surface area contributed by atoms with Crippen LogP contribution >= 0.6 is 0 Å². The summed E-state index contributed by atoms with van der Waals surface area (Å²) in [6.07, 6.45) is 84.1. The Balaban J connectivity index is 4.33. The molecule has 0 aromatic heterocycles. The van der Waals surface area contributed by atoms with E-state index in [9.17, 15) is 14.4 Å². The molecule has 6 nitrogen and oxygen atoms in total. The molecule has 0 aliphatic heterocycles. The van der Waals surface area contributed by atoms with Gasteiger partial charge in [-0.05, 0) is 116 Å².